The fourth-order valence-electron chi connectivity index (χ4n) is 3.22. The highest BCUT2D eigenvalue weighted by Gasteiger charge is 2.27. The summed E-state index contributed by atoms with van der Waals surface area (Å²) in [4.78, 5) is 0. The Bertz CT molecular complexity index is 597. The second-order valence-corrected chi connectivity index (χ2v) is 5.65. The smallest absolute Gasteiger partial charge is 0.181 e. The van der Waals surface area contributed by atoms with Gasteiger partial charge < -0.3 is 5.32 Å². The van der Waals surface area contributed by atoms with Crippen LogP contribution in [0.3, 0.4) is 0 Å². The minimum Gasteiger partial charge on any atom is -0.379 e. The van der Waals surface area contributed by atoms with Gasteiger partial charge in [-0.25, -0.2) is 8.78 Å². The number of rotatable bonds is 3. The van der Waals surface area contributed by atoms with Crippen LogP contribution in [0.2, 0.25) is 0 Å². The monoisotopic (exact) mass is 287 g/mol. The first-order valence-corrected chi connectivity index (χ1v) is 7.51. The largest absolute Gasteiger partial charge is 0.379 e. The van der Waals surface area contributed by atoms with Gasteiger partial charge in [-0.2, -0.15) is 0 Å². The molecule has 0 spiro atoms. The van der Waals surface area contributed by atoms with Gasteiger partial charge in [-0.15, -0.1) is 0 Å². The van der Waals surface area contributed by atoms with Gasteiger partial charge >= 0.3 is 0 Å². The van der Waals surface area contributed by atoms with Crippen molar-refractivity contribution in [1.29, 1.82) is 0 Å². The first kappa shape index (κ1) is 14.1. The first-order valence-electron chi connectivity index (χ1n) is 7.51. The molecule has 21 heavy (non-hydrogen) atoms. The Morgan fingerprint density at radius 3 is 2.43 bits per heavy atom. The van der Waals surface area contributed by atoms with Crippen LogP contribution in [-0.2, 0) is 0 Å². The summed E-state index contributed by atoms with van der Waals surface area (Å²) in [6.45, 7) is 0. The maximum Gasteiger partial charge on any atom is 0.181 e. The normalized spacial score (nSPS) is 22.0. The van der Waals surface area contributed by atoms with Gasteiger partial charge in [0, 0.05) is 12.0 Å². The lowest BCUT2D eigenvalue weighted by Crippen LogP contribution is -2.31. The minimum absolute atomic E-state index is 0.150. The molecule has 3 rings (SSSR count). The number of anilines is 1. The SMILES string of the molecule is Fc1cccc(NC2CCCCC2c2ccccc2)c1F. The topological polar surface area (TPSA) is 12.0 Å². The summed E-state index contributed by atoms with van der Waals surface area (Å²) in [5.41, 5.74) is 1.54. The van der Waals surface area contributed by atoms with Crippen LogP contribution in [0.25, 0.3) is 0 Å². The molecule has 0 aliphatic heterocycles. The van der Waals surface area contributed by atoms with Crippen molar-refractivity contribution in [2.75, 3.05) is 5.32 Å². The predicted molar refractivity (Wildman–Crippen MR) is 81.4 cm³/mol. The molecule has 1 fully saturated rings. The third-order valence-corrected chi connectivity index (χ3v) is 4.29. The Kier molecular flexibility index (Phi) is 4.18. The second-order valence-electron chi connectivity index (χ2n) is 5.65. The third-order valence-electron chi connectivity index (χ3n) is 4.29. The van der Waals surface area contributed by atoms with Gasteiger partial charge in [0.15, 0.2) is 11.6 Å². The van der Waals surface area contributed by atoms with Crippen LogP contribution < -0.4 is 5.32 Å². The first-order chi connectivity index (χ1) is 10.3. The maximum absolute atomic E-state index is 13.8. The molecule has 1 N–H and O–H groups in total. The summed E-state index contributed by atoms with van der Waals surface area (Å²) in [6.07, 6.45) is 4.37. The molecular weight excluding hydrogens is 268 g/mol. The molecule has 0 radical (unpaired) electrons. The molecule has 2 atom stereocenters. The summed E-state index contributed by atoms with van der Waals surface area (Å²) in [6, 6.07) is 14.7. The van der Waals surface area contributed by atoms with Crippen molar-refractivity contribution in [3.63, 3.8) is 0 Å². The van der Waals surface area contributed by atoms with Crippen molar-refractivity contribution < 1.29 is 8.78 Å². The zero-order valence-electron chi connectivity index (χ0n) is 11.9. The molecule has 3 heteroatoms. The Morgan fingerprint density at radius 2 is 1.62 bits per heavy atom. The van der Waals surface area contributed by atoms with Crippen LogP contribution in [-0.4, -0.2) is 6.04 Å². The van der Waals surface area contributed by atoms with Gasteiger partial charge in [-0.3, -0.25) is 0 Å². The zero-order valence-corrected chi connectivity index (χ0v) is 11.9. The lowest BCUT2D eigenvalue weighted by molar-refractivity contribution is 0.403. The molecule has 1 nitrogen and oxygen atoms in total. The predicted octanol–water partition coefficient (Wildman–Crippen LogP) is 5.10. The van der Waals surface area contributed by atoms with Crippen molar-refractivity contribution in [3.8, 4) is 0 Å². The van der Waals surface area contributed by atoms with Crippen molar-refractivity contribution in [1.82, 2.24) is 0 Å². The Labute approximate surface area is 124 Å². The van der Waals surface area contributed by atoms with E-state index in [0.29, 0.717) is 5.92 Å². The van der Waals surface area contributed by atoms with Crippen LogP contribution in [0.15, 0.2) is 48.5 Å². The second kappa shape index (κ2) is 6.25. The van der Waals surface area contributed by atoms with E-state index in [-0.39, 0.29) is 11.7 Å². The van der Waals surface area contributed by atoms with E-state index in [9.17, 15) is 8.78 Å². The average Bonchev–Trinajstić information content (AvgIpc) is 2.53. The van der Waals surface area contributed by atoms with E-state index in [4.69, 9.17) is 0 Å². The third kappa shape index (κ3) is 3.07. The van der Waals surface area contributed by atoms with Gasteiger partial charge in [-0.05, 0) is 30.5 Å². The summed E-state index contributed by atoms with van der Waals surface area (Å²) in [5.74, 6) is -1.23. The molecule has 0 amide bonds. The average molecular weight is 287 g/mol. The molecule has 2 unspecified atom stereocenters. The van der Waals surface area contributed by atoms with Crippen LogP contribution in [0.4, 0.5) is 14.5 Å². The van der Waals surface area contributed by atoms with Crippen LogP contribution >= 0.6 is 0 Å². The lowest BCUT2D eigenvalue weighted by Gasteiger charge is -2.33. The van der Waals surface area contributed by atoms with Crippen LogP contribution in [0, 0.1) is 11.6 Å². The highest BCUT2D eigenvalue weighted by atomic mass is 19.2. The standard InChI is InChI=1S/C18H19F2N/c19-15-10-6-12-17(18(15)20)21-16-11-5-4-9-14(16)13-7-2-1-3-8-13/h1-3,6-8,10,12,14,16,21H,4-5,9,11H2. The number of benzene rings is 2. The summed E-state index contributed by atoms with van der Waals surface area (Å²) < 4.78 is 27.2. The quantitative estimate of drug-likeness (QED) is 0.827. The molecule has 1 aliphatic rings. The Morgan fingerprint density at radius 1 is 0.857 bits per heavy atom. The van der Waals surface area contributed by atoms with Gasteiger partial charge in [0.05, 0.1) is 5.69 Å². The zero-order chi connectivity index (χ0) is 14.7. The van der Waals surface area contributed by atoms with E-state index in [2.05, 4.69) is 17.4 Å². The number of hydrogen-bond donors (Lipinski definition) is 1. The van der Waals surface area contributed by atoms with E-state index in [1.54, 1.807) is 12.1 Å². The van der Waals surface area contributed by atoms with Crippen molar-refractivity contribution in [2.45, 2.75) is 37.6 Å². The highest BCUT2D eigenvalue weighted by Crippen LogP contribution is 2.35. The Balaban J connectivity index is 1.83. The highest BCUT2D eigenvalue weighted by molar-refractivity contribution is 5.47. The van der Waals surface area contributed by atoms with Crippen molar-refractivity contribution >= 4 is 5.69 Å². The van der Waals surface area contributed by atoms with E-state index in [0.717, 1.165) is 25.3 Å². The van der Waals surface area contributed by atoms with Crippen LogP contribution in [0.5, 0.6) is 0 Å². The molecule has 110 valence electrons. The van der Waals surface area contributed by atoms with Gasteiger partial charge in [0.25, 0.3) is 0 Å². The molecule has 2 aromatic rings. The van der Waals surface area contributed by atoms with Crippen LogP contribution in [0.1, 0.15) is 37.2 Å². The summed E-state index contributed by atoms with van der Waals surface area (Å²) in [7, 11) is 0. The molecular formula is C18H19F2N. The molecule has 0 bridgehead atoms. The number of nitrogens with one attached hydrogen (secondary N) is 1. The minimum atomic E-state index is -0.799. The van der Waals surface area contributed by atoms with Gasteiger partial charge in [0.2, 0.25) is 0 Å². The summed E-state index contributed by atoms with van der Waals surface area (Å²) in [5, 5.41) is 3.22. The number of hydrogen-bond acceptors (Lipinski definition) is 1. The Hall–Kier alpha value is -1.90. The molecule has 1 saturated carbocycles. The fraction of sp³-hybridized carbons (Fsp3) is 0.333. The van der Waals surface area contributed by atoms with E-state index in [1.165, 1.54) is 12.0 Å². The van der Waals surface area contributed by atoms with E-state index >= 15 is 0 Å². The number of halogens is 2. The molecule has 2 aromatic carbocycles. The van der Waals surface area contributed by atoms with Gasteiger partial charge in [-0.1, -0.05) is 49.2 Å². The van der Waals surface area contributed by atoms with Crippen molar-refractivity contribution in [2.24, 2.45) is 0 Å². The van der Waals surface area contributed by atoms with Gasteiger partial charge in [0.1, 0.15) is 0 Å². The molecule has 1 aliphatic carbocycles. The lowest BCUT2D eigenvalue weighted by atomic mass is 9.80. The van der Waals surface area contributed by atoms with Crippen molar-refractivity contribution in [3.05, 3.63) is 65.7 Å². The molecule has 0 saturated heterocycles. The fourth-order valence-corrected chi connectivity index (χ4v) is 3.22. The molecule has 0 aromatic heterocycles. The van der Waals surface area contributed by atoms with E-state index < -0.39 is 11.6 Å². The summed E-state index contributed by atoms with van der Waals surface area (Å²) >= 11 is 0. The molecule has 0 heterocycles. The van der Waals surface area contributed by atoms with E-state index in [1.807, 2.05) is 18.2 Å². The maximum atomic E-state index is 13.8.